The molecule has 1 aromatic carbocycles. The van der Waals surface area contributed by atoms with E-state index >= 15 is 0 Å². The number of hydrogen-bond acceptors (Lipinski definition) is 4. The summed E-state index contributed by atoms with van der Waals surface area (Å²) in [7, 11) is 1.14. The lowest BCUT2D eigenvalue weighted by atomic mass is 10.0. The number of hydrogen-bond donors (Lipinski definition) is 3. The van der Waals surface area contributed by atoms with E-state index in [1.165, 1.54) is 0 Å². The third kappa shape index (κ3) is 3.12. The monoisotopic (exact) mass is 247 g/mol. The fourth-order valence-corrected chi connectivity index (χ4v) is 1.50. The molecule has 1 rings (SSSR count). The summed E-state index contributed by atoms with van der Waals surface area (Å²) in [6.45, 7) is 0.166. The predicted octanol–water partition coefficient (Wildman–Crippen LogP) is 0.717. The van der Waals surface area contributed by atoms with E-state index in [9.17, 15) is 19.0 Å². The molecule has 2 atom stereocenters. The van der Waals surface area contributed by atoms with Crippen LogP contribution in [0.15, 0.2) is 12.1 Å². The Morgan fingerprint density at radius 2 is 1.82 bits per heavy atom. The van der Waals surface area contributed by atoms with Crippen molar-refractivity contribution in [3.8, 4) is 5.75 Å². The zero-order valence-electron chi connectivity index (χ0n) is 9.36. The number of aliphatic hydroxyl groups excluding tert-OH is 2. The maximum Gasteiger partial charge on any atom is 0.190 e. The lowest BCUT2D eigenvalue weighted by molar-refractivity contribution is 0.0146. The average Bonchev–Trinajstić information content (AvgIpc) is 2.27. The number of benzene rings is 1. The van der Waals surface area contributed by atoms with Gasteiger partial charge in [0.1, 0.15) is 6.10 Å². The fourth-order valence-electron chi connectivity index (χ4n) is 1.50. The zero-order chi connectivity index (χ0) is 13.0. The summed E-state index contributed by atoms with van der Waals surface area (Å²) in [6, 6.07) is 1.85. The van der Waals surface area contributed by atoms with Crippen molar-refractivity contribution in [2.45, 2.75) is 18.6 Å². The van der Waals surface area contributed by atoms with Crippen molar-refractivity contribution in [2.75, 3.05) is 13.7 Å². The maximum atomic E-state index is 13.3. The molecule has 1 aromatic rings. The summed E-state index contributed by atoms with van der Waals surface area (Å²) in [5.74, 6) is -2.38. The SMILES string of the molecule is COc1c(F)cc(C(O)C(O)CCN)cc1F. The molecule has 0 saturated heterocycles. The highest BCUT2D eigenvalue weighted by atomic mass is 19.1. The highest BCUT2D eigenvalue weighted by molar-refractivity contribution is 5.32. The Kier molecular flexibility index (Phi) is 4.80. The number of ether oxygens (including phenoxy) is 1. The van der Waals surface area contributed by atoms with Crippen LogP contribution >= 0.6 is 0 Å². The molecular weight excluding hydrogens is 232 g/mol. The van der Waals surface area contributed by atoms with E-state index in [2.05, 4.69) is 4.74 Å². The quantitative estimate of drug-likeness (QED) is 0.716. The van der Waals surface area contributed by atoms with Gasteiger partial charge in [-0.2, -0.15) is 0 Å². The molecule has 0 fully saturated rings. The zero-order valence-corrected chi connectivity index (χ0v) is 9.36. The van der Waals surface area contributed by atoms with E-state index < -0.39 is 29.6 Å². The third-order valence-corrected chi connectivity index (χ3v) is 2.39. The van der Waals surface area contributed by atoms with Crippen LogP contribution in [0.3, 0.4) is 0 Å². The van der Waals surface area contributed by atoms with E-state index in [0.717, 1.165) is 19.2 Å². The number of methoxy groups -OCH3 is 1. The van der Waals surface area contributed by atoms with Crippen LogP contribution in [0.25, 0.3) is 0 Å². The molecule has 6 heteroatoms. The molecule has 2 unspecified atom stereocenters. The smallest absolute Gasteiger partial charge is 0.190 e. The van der Waals surface area contributed by atoms with Gasteiger partial charge < -0.3 is 20.7 Å². The molecule has 0 aliphatic heterocycles. The Morgan fingerprint density at radius 3 is 2.24 bits per heavy atom. The van der Waals surface area contributed by atoms with Crippen molar-refractivity contribution in [3.63, 3.8) is 0 Å². The molecule has 0 spiro atoms. The fraction of sp³-hybridized carbons (Fsp3) is 0.455. The lowest BCUT2D eigenvalue weighted by Gasteiger charge is -2.18. The van der Waals surface area contributed by atoms with E-state index in [4.69, 9.17) is 5.73 Å². The molecule has 0 amide bonds. The third-order valence-electron chi connectivity index (χ3n) is 2.39. The van der Waals surface area contributed by atoms with Crippen LogP contribution in [-0.2, 0) is 0 Å². The van der Waals surface area contributed by atoms with Crippen LogP contribution in [0.2, 0.25) is 0 Å². The Morgan fingerprint density at radius 1 is 1.29 bits per heavy atom. The van der Waals surface area contributed by atoms with Gasteiger partial charge in [-0.05, 0) is 30.7 Å². The first kappa shape index (κ1) is 13.8. The average molecular weight is 247 g/mol. The Labute approximate surface area is 97.6 Å². The van der Waals surface area contributed by atoms with Gasteiger partial charge in [-0.3, -0.25) is 0 Å². The van der Waals surface area contributed by atoms with Crippen molar-refractivity contribution in [3.05, 3.63) is 29.3 Å². The number of aliphatic hydroxyl groups is 2. The summed E-state index contributed by atoms with van der Waals surface area (Å²) in [4.78, 5) is 0. The topological polar surface area (TPSA) is 75.7 Å². The highest BCUT2D eigenvalue weighted by Crippen LogP contribution is 2.27. The minimum Gasteiger partial charge on any atom is -0.491 e. The van der Waals surface area contributed by atoms with E-state index in [1.54, 1.807) is 0 Å². The van der Waals surface area contributed by atoms with Crippen LogP contribution in [0.5, 0.6) is 5.75 Å². The van der Waals surface area contributed by atoms with Gasteiger partial charge in [-0.1, -0.05) is 0 Å². The summed E-state index contributed by atoms with van der Waals surface area (Å²) in [6.07, 6.45) is -2.41. The minimum atomic E-state index is -1.38. The molecule has 0 heterocycles. The Bertz CT molecular complexity index is 364. The molecule has 4 nitrogen and oxygen atoms in total. The molecule has 0 bridgehead atoms. The number of rotatable bonds is 5. The van der Waals surface area contributed by atoms with Crippen molar-refractivity contribution in [1.82, 2.24) is 0 Å². The van der Waals surface area contributed by atoms with E-state index in [1.807, 2.05) is 0 Å². The van der Waals surface area contributed by atoms with Gasteiger partial charge in [-0.25, -0.2) is 8.78 Å². The molecule has 17 heavy (non-hydrogen) atoms. The van der Waals surface area contributed by atoms with Crippen LogP contribution in [0.4, 0.5) is 8.78 Å². The molecular formula is C11H15F2NO3. The van der Waals surface area contributed by atoms with Gasteiger partial charge in [0.25, 0.3) is 0 Å². The normalized spacial score (nSPS) is 14.5. The van der Waals surface area contributed by atoms with E-state index in [0.29, 0.717) is 0 Å². The first-order valence-corrected chi connectivity index (χ1v) is 5.10. The molecule has 0 aromatic heterocycles. The first-order chi connectivity index (χ1) is 8.01. The Hall–Kier alpha value is -1.24. The van der Waals surface area contributed by atoms with E-state index in [-0.39, 0.29) is 18.5 Å². The largest absolute Gasteiger partial charge is 0.491 e. The summed E-state index contributed by atoms with van der Waals surface area (Å²) >= 11 is 0. The predicted molar refractivity (Wildman–Crippen MR) is 57.5 cm³/mol. The highest BCUT2D eigenvalue weighted by Gasteiger charge is 2.21. The molecule has 0 radical (unpaired) electrons. The second-order valence-electron chi connectivity index (χ2n) is 3.61. The van der Waals surface area contributed by atoms with Gasteiger partial charge in [0.15, 0.2) is 17.4 Å². The number of halogens is 2. The van der Waals surface area contributed by atoms with Crippen LogP contribution in [0.1, 0.15) is 18.1 Å². The molecule has 96 valence electrons. The van der Waals surface area contributed by atoms with Crippen molar-refractivity contribution < 1.29 is 23.7 Å². The van der Waals surface area contributed by atoms with Gasteiger partial charge in [0.05, 0.1) is 13.2 Å². The second-order valence-corrected chi connectivity index (χ2v) is 3.61. The second kappa shape index (κ2) is 5.90. The van der Waals surface area contributed by atoms with Gasteiger partial charge in [0, 0.05) is 0 Å². The molecule has 0 aliphatic rings. The summed E-state index contributed by atoms with van der Waals surface area (Å²) in [5, 5.41) is 19.1. The van der Waals surface area contributed by atoms with Gasteiger partial charge >= 0.3 is 0 Å². The first-order valence-electron chi connectivity index (χ1n) is 5.10. The minimum absolute atomic E-state index is 0.0539. The number of nitrogens with two attached hydrogens (primary N) is 1. The Balaban J connectivity index is 2.99. The summed E-state index contributed by atoms with van der Waals surface area (Å²) in [5.41, 5.74) is 5.16. The van der Waals surface area contributed by atoms with Crippen LogP contribution < -0.4 is 10.5 Å². The van der Waals surface area contributed by atoms with Gasteiger partial charge in [0.2, 0.25) is 0 Å². The van der Waals surface area contributed by atoms with Crippen LogP contribution in [0, 0.1) is 11.6 Å². The van der Waals surface area contributed by atoms with Crippen molar-refractivity contribution >= 4 is 0 Å². The lowest BCUT2D eigenvalue weighted by Crippen LogP contribution is -2.22. The molecule has 0 aliphatic carbocycles. The summed E-state index contributed by atoms with van der Waals surface area (Å²) < 4.78 is 31.2. The van der Waals surface area contributed by atoms with Crippen molar-refractivity contribution in [1.29, 1.82) is 0 Å². The van der Waals surface area contributed by atoms with Gasteiger partial charge in [-0.15, -0.1) is 0 Å². The maximum absolute atomic E-state index is 13.3. The van der Waals surface area contributed by atoms with Crippen LogP contribution in [-0.4, -0.2) is 30.0 Å². The van der Waals surface area contributed by atoms with Crippen molar-refractivity contribution in [2.24, 2.45) is 5.73 Å². The molecule has 0 saturated carbocycles. The standard InChI is InChI=1S/C11H15F2NO3/c1-17-11-7(12)4-6(5-8(11)13)10(16)9(15)2-3-14/h4-5,9-10,15-16H,2-3,14H2,1H3. The molecule has 4 N–H and O–H groups in total.